The van der Waals surface area contributed by atoms with Crippen molar-refractivity contribution >= 4 is 39.8 Å². The third kappa shape index (κ3) is 6.92. The third-order valence-corrected chi connectivity index (χ3v) is 15.0. The van der Waals surface area contributed by atoms with Gasteiger partial charge in [0, 0.05) is 27.9 Å². The van der Waals surface area contributed by atoms with E-state index in [9.17, 15) is 9.59 Å². The summed E-state index contributed by atoms with van der Waals surface area (Å²) < 4.78 is 0. The molecule has 4 aliphatic carbocycles. The molecule has 0 unspecified atom stereocenters. The van der Waals surface area contributed by atoms with E-state index in [1.54, 1.807) is 0 Å². The molecule has 0 spiro atoms. The third-order valence-electron chi connectivity index (χ3n) is 15.0. The molecular formula is C60H54N4O2. The van der Waals surface area contributed by atoms with Crippen LogP contribution in [-0.2, 0) is 30.5 Å². The predicted molar refractivity (Wildman–Crippen MR) is 265 cm³/mol. The Morgan fingerprint density at radius 1 is 0.379 bits per heavy atom. The van der Waals surface area contributed by atoms with Gasteiger partial charge in [0.1, 0.15) is 0 Å². The highest BCUT2D eigenvalue weighted by Gasteiger charge is 2.37. The normalized spacial score (nSPS) is 19.7. The molecule has 6 nitrogen and oxygen atoms in total. The number of carbonyl (C=O) groups excluding carboxylic acids is 2. The van der Waals surface area contributed by atoms with Crippen molar-refractivity contribution in [3.8, 4) is 0 Å². The number of aromatic nitrogens is 2. The van der Waals surface area contributed by atoms with Crippen LogP contribution in [0.2, 0.25) is 0 Å². The average molecular weight is 863 g/mol. The van der Waals surface area contributed by atoms with Gasteiger partial charge in [0.2, 0.25) is 5.78 Å². The van der Waals surface area contributed by atoms with E-state index >= 15 is 0 Å². The first kappa shape index (κ1) is 40.6. The van der Waals surface area contributed by atoms with Gasteiger partial charge < -0.3 is 9.97 Å². The Morgan fingerprint density at radius 2 is 0.788 bits per heavy atom. The topological polar surface area (TPSA) is 90.4 Å². The Hall–Kier alpha value is -6.92. The number of carbonyl (C=O) groups is 2. The lowest BCUT2D eigenvalue weighted by Gasteiger charge is -2.20. The van der Waals surface area contributed by atoms with Gasteiger partial charge in [-0.05, 0) is 158 Å². The predicted octanol–water partition coefficient (Wildman–Crippen LogP) is 11.4. The lowest BCUT2D eigenvalue weighted by atomic mass is 9.82. The summed E-state index contributed by atoms with van der Waals surface area (Å²) in [5.41, 5.74) is 21.8. The van der Waals surface area contributed by atoms with Crippen LogP contribution in [0.15, 0.2) is 159 Å². The molecule has 66 heavy (non-hydrogen) atoms. The summed E-state index contributed by atoms with van der Waals surface area (Å²) >= 11 is 0. The van der Waals surface area contributed by atoms with Crippen LogP contribution in [0.4, 0.5) is 0 Å². The molecule has 4 aromatic carbocycles. The highest BCUT2D eigenvalue weighted by molar-refractivity contribution is 6.41. The number of rotatable bonds is 8. The molecule has 0 saturated carbocycles. The Kier molecular flexibility index (Phi) is 10.5. The van der Waals surface area contributed by atoms with E-state index in [0.717, 1.165) is 186 Å². The molecule has 326 valence electrons. The molecule has 4 heterocycles. The number of nitrogens with one attached hydrogen (secondary N) is 2. The van der Waals surface area contributed by atoms with Crippen LogP contribution in [0.3, 0.4) is 0 Å². The van der Waals surface area contributed by atoms with Gasteiger partial charge in [0.25, 0.3) is 5.91 Å². The molecule has 12 rings (SSSR count). The molecule has 1 amide bonds. The van der Waals surface area contributed by atoms with Gasteiger partial charge in [-0.2, -0.15) is 0 Å². The van der Waals surface area contributed by atoms with Crippen molar-refractivity contribution in [3.05, 3.63) is 216 Å². The van der Waals surface area contributed by atoms with Crippen molar-refractivity contribution in [1.29, 1.82) is 0 Å². The molecule has 2 N–H and O–H groups in total. The fraction of sp³-hybridized carbons (Fsp3) is 0.267. The molecule has 6 aromatic rings. The maximum absolute atomic E-state index is 14.4. The molecule has 0 radical (unpaired) electrons. The summed E-state index contributed by atoms with van der Waals surface area (Å²) in [6.07, 6.45) is 16.0. The molecule has 6 heteroatoms. The second-order valence-electron chi connectivity index (χ2n) is 18.9. The molecule has 0 bridgehead atoms. The number of allylic oxidation sites excluding steroid dienone is 4. The van der Waals surface area contributed by atoms with Crippen molar-refractivity contribution in [3.63, 3.8) is 0 Å². The number of nitrogens with zero attached hydrogens (tertiary/aromatic N) is 2. The summed E-state index contributed by atoms with van der Waals surface area (Å²) in [7, 11) is 0. The largest absolute Gasteiger partial charge is 0.354 e. The van der Waals surface area contributed by atoms with E-state index < -0.39 is 0 Å². The quantitative estimate of drug-likeness (QED) is 0.149. The number of H-pyrrole nitrogens is 2. The monoisotopic (exact) mass is 862 g/mol. The summed E-state index contributed by atoms with van der Waals surface area (Å²) in [5.74, 6) is -0.0130. The van der Waals surface area contributed by atoms with E-state index in [4.69, 9.17) is 9.98 Å². The lowest BCUT2D eigenvalue weighted by molar-refractivity contribution is -0.114. The maximum Gasteiger partial charge on any atom is 0.273 e. The number of ketones is 1. The second-order valence-corrected chi connectivity index (χ2v) is 18.9. The fourth-order valence-electron chi connectivity index (χ4n) is 12.0. The zero-order valence-corrected chi connectivity index (χ0v) is 37.6. The Bertz CT molecular complexity index is 3250. The van der Waals surface area contributed by atoms with Crippen LogP contribution in [-0.4, -0.2) is 33.1 Å². The molecule has 0 atom stereocenters. The number of hydrogen-bond donors (Lipinski definition) is 2. The van der Waals surface area contributed by atoms with Crippen LogP contribution < -0.4 is 10.7 Å². The minimum Gasteiger partial charge on any atom is -0.354 e. The van der Waals surface area contributed by atoms with Crippen molar-refractivity contribution in [2.75, 3.05) is 0 Å². The number of fused-ring (bicyclic) bond motifs is 2. The van der Waals surface area contributed by atoms with Crippen molar-refractivity contribution < 1.29 is 9.59 Å². The number of aliphatic imine (C=N–C) groups is 2. The van der Waals surface area contributed by atoms with Gasteiger partial charge in [-0.25, -0.2) is 9.98 Å². The van der Waals surface area contributed by atoms with Gasteiger partial charge in [-0.1, -0.05) is 121 Å². The molecule has 0 saturated heterocycles. The van der Waals surface area contributed by atoms with Crippen LogP contribution in [0, 0.1) is 0 Å². The van der Waals surface area contributed by atoms with E-state index in [2.05, 4.69) is 101 Å². The Morgan fingerprint density at radius 3 is 1.36 bits per heavy atom. The minimum atomic E-state index is -0.0683. The van der Waals surface area contributed by atoms with Crippen LogP contribution in [0.1, 0.15) is 138 Å². The standard InChI is InChI=1S/C60H54N4O2/c65-59(40-27-11-4-12-28-40)58-46-34-18-17-33-45(46)56(63-58)50(38-23-7-2-8-24-38)54-42-30-14-13-29-41(42)52(61-54)49(37-21-5-1-6-22-37)53-43-31-15-16-32-44(43)55(62-53)51(39-25-9-3-10-26-39)57-47-35-19-20-36-48(47)60(66)64-57/h1-12,21-28,61,63H,13-20,29-36H2. The van der Waals surface area contributed by atoms with E-state index in [1.165, 1.54) is 33.4 Å². The van der Waals surface area contributed by atoms with Crippen molar-refractivity contribution in [1.82, 2.24) is 9.97 Å². The van der Waals surface area contributed by atoms with E-state index in [0.29, 0.717) is 5.56 Å². The molecular weight excluding hydrogens is 809 g/mol. The lowest BCUT2D eigenvalue weighted by Crippen LogP contribution is -2.23. The summed E-state index contributed by atoms with van der Waals surface area (Å²) in [4.78, 5) is 46.9. The van der Waals surface area contributed by atoms with Gasteiger partial charge in [-0.15, -0.1) is 0 Å². The van der Waals surface area contributed by atoms with Crippen LogP contribution in [0.5, 0.6) is 0 Å². The summed E-state index contributed by atoms with van der Waals surface area (Å²) in [5, 5.41) is 2.28. The Labute approximate surface area is 386 Å². The highest BCUT2D eigenvalue weighted by atomic mass is 16.1. The first-order valence-electron chi connectivity index (χ1n) is 24.5. The molecule has 2 aliphatic heterocycles. The minimum absolute atomic E-state index is 0.0554. The SMILES string of the molecule is O=C1N=C(C(=C2N=C(C(c3ccccc3)=c3[nH]c(=C(c4ccccc4)c4[nH]c(C(=O)c5ccccc5)c5c4CCCC5)c4c3CCCC4)C3=C2CCCC3)c2ccccc2)C2=C1CCCC2. The molecule has 6 aliphatic rings. The van der Waals surface area contributed by atoms with Gasteiger partial charge in [-0.3, -0.25) is 9.59 Å². The smallest absolute Gasteiger partial charge is 0.273 e. The van der Waals surface area contributed by atoms with Crippen molar-refractivity contribution in [2.45, 2.75) is 103 Å². The first-order chi connectivity index (χ1) is 32.6. The Balaban J connectivity index is 1.17. The number of aromatic amines is 2. The van der Waals surface area contributed by atoms with Crippen molar-refractivity contribution in [2.24, 2.45) is 9.98 Å². The zero-order valence-electron chi connectivity index (χ0n) is 37.6. The summed E-state index contributed by atoms with van der Waals surface area (Å²) in [6.45, 7) is 0. The van der Waals surface area contributed by atoms with Gasteiger partial charge in [0.05, 0.1) is 39.2 Å². The van der Waals surface area contributed by atoms with Crippen LogP contribution >= 0.6 is 0 Å². The van der Waals surface area contributed by atoms with E-state index in [1.807, 2.05) is 30.3 Å². The second kappa shape index (κ2) is 17.1. The maximum atomic E-state index is 14.4. The number of amides is 1. The van der Waals surface area contributed by atoms with Gasteiger partial charge in [0.15, 0.2) is 0 Å². The molecule has 2 aromatic heterocycles. The highest BCUT2D eigenvalue weighted by Crippen LogP contribution is 2.46. The number of hydrogen-bond acceptors (Lipinski definition) is 3. The zero-order chi connectivity index (χ0) is 44.1. The van der Waals surface area contributed by atoms with E-state index in [-0.39, 0.29) is 11.7 Å². The molecule has 0 fully saturated rings. The average Bonchev–Trinajstić information content (AvgIpc) is 4.15. The van der Waals surface area contributed by atoms with Gasteiger partial charge >= 0.3 is 0 Å². The fourth-order valence-corrected chi connectivity index (χ4v) is 12.0. The summed E-state index contributed by atoms with van der Waals surface area (Å²) in [6, 6.07) is 42.1. The number of benzene rings is 4. The first-order valence-corrected chi connectivity index (χ1v) is 24.5. The van der Waals surface area contributed by atoms with Crippen LogP contribution in [0.25, 0.3) is 16.7 Å².